The van der Waals surface area contributed by atoms with Gasteiger partial charge < -0.3 is 9.84 Å². The van der Waals surface area contributed by atoms with Crippen molar-refractivity contribution in [3.05, 3.63) is 62.8 Å². The van der Waals surface area contributed by atoms with Gasteiger partial charge in [-0.2, -0.15) is 0 Å². The summed E-state index contributed by atoms with van der Waals surface area (Å²) in [7, 11) is 1.52. The summed E-state index contributed by atoms with van der Waals surface area (Å²) < 4.78 is 6.72. The van der Waals surface area contributed by atoms with Crippen LogP contribution < -0.4 is 10.3 Å². The van der Waals surface area contributed by atoms with Crippen molar-refractivity contribution in [2.45, 2.75) is 0 Å². The molecule has 0 amide bonds. The van der Waals surface area contributed by atoms with E-state index < -0.39 is 5.56 Å². The monoisotopic (exact) mass is 327 g/mol. The lowest BCUT2D eigenvalue weighted by atomic mass is 10.2. The fraction of sp³-hybridized carbons (Fsp3) is 0.0625. The van der Waals surface area contributed by atoms with Crippen LogP contribution in [0.5, 0.6) is 11.6 Å². The summed E-state index contributed by atoms with van der Waals surface area (Å²) in [6.45, 7) is 0. The summed E-state index contributed by atoms with van der Waals surface area (Å²) >= 11 is 5.19. The average Bonchev–Trinajstić information content (AvgIpc) is 3.05. The van der Waals surface area contributed by atoms with Crippen molar-refractivity contribution in [2.75, 3.05) is 7.11 Å². The molecule has 0 saturated carbocycles. The molecular weight excluding hydrogens is 314 g/mol. The molecule has 2 aromatic rings. The van der Waals surface area contributed by atoms with Crippen molar-refractivity contribution >= 4 is 24.5 Å². The van der Waals surface area contributed by atoms with Gasteiger partial charge in [-0.05, 0) is 42.6 Å². The number of para-hydroxylation sites is 2. The third-order valence-electron chi connectivity index (χ3n) is 3.32. The summed E-state index contributed by atoms with van der Waals surface area (Å²) in [6.07, 6.45) is 6.57. The van der Waals surface area contributed by atoms with Crippen LogP contribution in [-0.4, -0.2) is 28.0 Å². The van der Waals surface area contributed by atoms with E-state index in [0.29, 0.717) is 17.1 Å². The number of nitrogens with one attached hydrogen (secondary N) is 1. The number of H-pyrrole nitrogens is 1. The molecule has 0 saturated heterocycles. The molecule has 1 aliphatic heterocycles. The predicted octanol–water partition coefficient (Wildman–Crippen LogP) is 2.59. The van der Waals surface area contributed by atoms with E-state index in [2.05, 4.69) is 9.98 Å². The van der Waals surface area contributed by atoms with Crippen molar-refractivity contribution < 1.29 is 9.84 Å². The van der Waals surface area contributed by atoms with Crippen molar-refractivity contribution in [1.29, 1.82) is 0 Å². The number of ether oxygens (including phenoxy) is 1. The van der Waals surface area contributed by atoms with Crippen LogP contribution >= 0.6 is 12.2 Å². The van der Waals surface area contributed by atoms with Crippen LogP contribution in [0.3, 0.4) is 0 Å². The van der Waals surface area contributed by atoms with Crippen LogP contribution in [0, 0.1) is 4.77 Å². The number of allylic oxidation sites excluding steroid dienone is 2. The molecule has 3 rings (SSSR count). The van der Waals surface area contributed by atoms with Gasteiger partial charge >= 0.3 is 0 Å². The first-order valence-corrected chi connectivity index (χ1v) is 7.17. The van der Waals surface area contributed by atoms with Crippen LogP contribution in [0.4, 0.5) is 0 Å². The highest BCUT2D eigenvalue weighted by atomic mass is 32.1. The maximum atomic E-state index is 12.1. The van der Waals surface area contributed by atoms with Gasteiger partial charge in [-0.1, -0.05) is 12.1 Å². The van der Waals surface area contributed by atoms with Crippen molar-refractivity contribution in [2.24, 2.45) is 4.99 Å². The standard InChI is InChI=1S/C16H13N3O3S/c1-22-13-7-3-2-6-12(13)19-15(21)11(14(20)18-16(19)23)9-10-5-4-8-17-10/h2-9,21H,1H3,(H,18,20,23). The summed E-state index contributed by atoms with van der Waals surface area (Å²) in [6, 6.07) is 7.06. The Balaban J connectivity index is 2.29. The molecule has 0 fully saturated rings. The number of aliphatic imine (C=N–C) groups is 1. The van der Waals surface area contributed by atoms with Gasteiger partial charge in [0.1, 0.15) is 11.3 Å². The number of rotatable bonds is 3. The molecule has 2 heterocycles. The van der Waals surface area contributed by atoms with E-state index in [1.54, 1.807) is 42.6 Å². The SMILES string of the molecule is COc1ccccc1-n1c(O)c(C=C2C=CC=N2)c(=O)[nH]c1=S. The van der Waals surface area contributed by atoms with Crippen LogP contribution in [0.1, 0.15) is 5.56 Å². The number of methoxy groups -OCH3 is 1. The highest BCUT2D eigenvalue weighted by Gasteiger charge is 2.15. The second-order valence-corrected chi connectivity index (χ2v) is 5.10. The van der Waals surface area contributed by atoms with Gasteiger partial charge in [0, 0.05) is 6.21 Å². The Morgan fingerprint density at radius 2 is 2.17 bits per heavy atom. The van der Waals surface area contributed by atoms with E-state index in [0.717, 1.165) is 0 Å². The van der Waals surface area contributed by atoms with Crippen molar-refractivity contribution in [1.82, 2.24) is 9.55 Å². The van der Waals surface area contributed by atoms with Crippen LogP contribution in [0.2, 0.25) is 0 Å². The van der Waals surface area contributed by atoms with E-state index in [1.807, 2.05) is 0 Å². The fourth-order valence-corrected chi connectivity index (χ4v) is 2.53. The minimum atomic E-state index is -0.485. The molecule has 1 aliphatic rings. The lowest BCUT2D eigenvalue weighted by Crippen LogP contribution is -2.16. The van der Waals surface area contributed by atoms with Gasteiger partial charge in [0.05, 0.1) is 18.5 Å². The minimum absolute atomic E-state index is 0.0724. The average molecular weight is 327 g/mol. The Labute approximate surface area is 136 Å². The van der Waals surface area contributed by atoms with Crippen LogP contribution in [-0.2, 0) is 0 Å². The Hall–Kier alpha value is -2.93. The third kappa shape index (κ3) is 2.74. The summed E-state index contributed by atoms with van der Waals surface area (Å²) in [4.78, 5) is 18.8. The number of aromatic hydroxyl groups is 1. The molecule has 0 radical (unpaired) electrons. The van der Waals surface area contributed by atoms with Crippen molar-refractivity contribution in [3.8, 4) is 17.3 Å². The maximum absolute atomic E-state index is 12.1. The first kappa shape index (κ1) is 15.0. The molecule has 6 nitrogen and oxygen atoms in total. The molecule has 0 aliphatic carbocycles. The molecule has 0 bridgehead atoms. The zero-order valence-corrected chi connectivity index (χ0v) is 13.0. The Morgan fingerprint density at radius 3 is 2.87 bits per heavy atom. The van der Waals surface area contributed by atoms with Gasteiger partial charge in [0.2, 0.25) is 5.88 Å². The second kappa shape index (κ2) is 6.05. The largest absolute Gasteiger partial charge is 0.495 e. The van der Waals surface area contributed by atoms with Crippen LogP contribution in [0.25, 0.3) is 11.8 Å². The maximum Gasteiger partial charge on any atom is 0.262 e. The van der Waals surface area contributed by atoms with E-state index in [1.165, 1.54) is 17.8 Å². The second-order valence-electron chi connectivity index (χ2n) is 4.71. The van der Waals surface area contributed by atoms with E-state index in [4.69, 9.17) is 17.0 Å². The van der Waals surface area contributed by atoms with Gasteiger partial charge in [-0.3, -0.25) is 19.3 Å². The first-order valence-electron chi connectivity index (χ1n) is 6.76. The molecule has 0 spiro atoms. The minimum Gasteiger partial charge on any atom is -0.495 e. The van der Waals surface area contributed by atoms with E-state index in [-0.39, 0.29) is 16.2 Å². The topological polar surface area (TPSA) is 79.6 Å². The van der Waals surface area contributed by atoms with Crippen molar-refractivity contribution in [3.63, 3.8) is 0 Å². The van der Waals surface area contributed by atoms with Gasteiger partial charge in [-0.15, -0.1) is 0 Å². The van der Waals surface area contributed by atoms with Gasteiger partial charge in [-0.25, -0.2) is 0 Å². The third-order valence-corrected chi connectivity index (χ3v) is 3.60. The molecule has 0 unspecified atom stereocenters. The number of hydrogen-bond donors (Lipinski definition) is 2. The molecule has 7 heteroatoms. The first-order chi connectivity index (χ1) is 11.1. The number of nitrogens with zero attached hydrogens (tertiary/aromatic N) is 2. The quantitative estimate of drug-likeness (QED) is 0.849. The molecule has 2 N–H and O–H groups in total. The summed E-state index contributed by atoms with van der Waals surface area (Å²) in [5.74, 6) is 0.245. The molecule has 23 heavy (non-hydrogen) atoms. The molecule has 1 aromatic carbocycles. The molecular formula is C16H13N3O3S. The number of aromatic amines is 1. The number of aromatic nitrogens is 2. The van der Waals surface area contributed by atoms with Crippen LogP contribution in [0.15, 0.2) is 51.9 Å². The summed E-state index contributed by atoms with van der Waals surface area (Å²) in [5.41, 5.74) is 0.679. The predicted molar refractivity (Wildman–Crippen MR) is 91.0 cm³/mol. The molecule has 116 valence electrons. The lowest BCUT2D eigenvalue weighted by molar-refractivity contribution is 0.402. The molecule has 1 aromatic heterocycles. The van der Waals surface area contributed by atoms with Gasteiger partial charge in [0.15, 0.2) is 4.77 Å². The zero-order valence-electron chi connectivity index (χ0n) is 12.2. The number of hydrogen-bond acceptors (Lipinski definition) is 5. The van der Waals surface area contributed by atoms with E-state index in [9.17, 15) is 9.90 Å². The lowest BCUT2D eigenvalue weighted by Gasteiger charge is -2.14. The Kier molecular flexibility index (Phi) is 3.94. The highest BCUT2D eigenvalue weighted by Crippen LogP contribution is 2.28. The molecule has 0 atom stereocenters. The van der Waals surface area contributed by atoms with E-state index >= 15 is 0 Å². The Bertz CT molecular complexity index is 953. The highest BCUT2D eigenvalue weighted by molar-refractivity contribution is 7.71. The summed E-state index contributed by atoms with van der Waals surface area (Å²) in [5, 5.41) is 10.6. The smallest absolute Gasteiger partial charge is 0.262 e. The Morgan fingerprint density at radius 1 is 1.39 bits per heavy atom. The zero-order chi connectivity index (χ0) is 16.4. The van der Waals surface area contributed by atoms with Gasteiger partial charge in [0.25, 0.3) is 5.56 Å². The normalized spacial score (nSPS) is 14.6. The fourth-order valence-electron chi connectivity index (χ4n) is 2.25. The number of benzene rings is 1.